The monoisotopic (exact) mass is 383 g/mol. The minimum absolute atomic E-state index is 0.0942. The van der Waals surface area contributed by atoms with Crippen molar-refractivity contribution < 1.29 is 13.9 Å². The number of ether oxygens (including phenoxy) is 1. The van der Waals surface area contributed by atoms with Crippen molar-refractivity contribution >= 4 is 21.9 Å². The summed E-state index contributed by atoms with van der Waals surface area (Å²) in [5.74, 6) is -0.126. The van der Waals surface area contributed by atoms with Crippen molar-refractivity contribution in [1.82, 2.24) is 4.90 Å². The zero-order chi connectivity index (χ0) is 16.4. The number of rotatable bonds is 5. The number of hydrogen-bond donors (Lipinski definition) is 0. The van der Waals surface area contributed by atoms with Crippen molar-refractivity contribution in [3.8, 4) is 0 Å². The largest absolute Gasteiger partial charge is 0.468 e. The molecule has 0 spiro atoms. The zero-order valence-electron chi connectivity index (χ0n) is 13.4. The summed E-state index contributed by atoms with van der Waals surface area (Å²) in [6.45, 7) is 1.83. The highest BCUT2D eigenvalue weighted by atomic mass is 79.9. The summed E-state index contributed by atoms with van der Waals surface area (Å²) in [4.78, 5) is 14.0. The van der Waals surface area contributed by atoms with Crippen molar-refractivity contribution in [3.63, 3.8) is 0 Å². The summed E-state index contributed by atoms with van der Waals surface area (Å²) in [7, 11) is 1.45. The maximum absolute atomic E-state index is 14.5. The van der Waals surface area contributed by atoms with Crippen LogP contribution in [-0.4, -0.2) is 37.1 Å². The molecule has 0 aromatic heterocycles. The van der Waals surface area contributed by atoms with Crippen molar-refractivity contribution in [2.24, 2.45) is 5.41 Å². The Morgan fingerprint density at radius 2 is 2.17 bits per heavy atom. The third kappa shape index (κ3) is 3.61. The lowest BCUT2D eigenvalue weighted by Crippen LogP contribution is -2.46. The Labute approximate surface area is 145 Å². The van der Waals surface area contributed by atoms with E-state index >= 15 is 0 Å². The lowest BCUT2D eigenvalue weighted by atomic mass is 9.75. The molecule has 3 rings (SSSR count). The molecule has 2 aliphatic heterocycles. The molecule has 0 saturated carbocycles. The number of benzene rings is 1. The van der Waals surface area contributed by atoms with Gasteiger partial charge in [0.1, 0.15) is 12.2 Å². The van der Waals surface area contributed by atoms with Gasteiger partial charge in [-0.15, -0.1) is 0 Å². The van der Waals surface area contributed by atoms with Crippen LogP contribution in [-0.2, 0) is 9.53 Å². The Balaban J connectivity index is 1.57. The van der Waals surface area contributed by atoms with Gasteiger partial charge in [-0.25, -0.2) is 4.39 Å². The SMILES string of the molecule is COC(=O)C1CCC2(CCC(F)c3ccc(Br)cc3)CCN1C2. The minimum atomic E-state index is -0.912. The molecule has 2 heterocycles. The van der Waals surface area contributed by atoms with Crippen LogP contribution in [0, 0.1) is 5.41 Å². The summed E-state index contributed by atoms with van der Waals surface area (Å²) in [5, 5.41) is 0. The number of piperidine rings is 1. The molecule has 3 nitrogen and oxygen atoms in total. The van der Waals surface area contributed by atoms with Crippen LogP contribution in [0.15, 0.2) is 28.7 Å². The average molecular weight is 384 g/mol. The second-order valence-corrected chi connectivity index (χ2v) is 7.77. The lowest BCUT2D eigenvalue weighted by molar-refractivity contribution is -0.148. The second-order valence-electron chi connectivity index (χ2n) is 6.86. The molecule has 5 heteroatoms. The quantitative estimate of drug-likeness (QED) is 0.711. The van der Waals surface area contributed by atoms with Gasteiger partial charge in [0.15, 0.2) is 0 Å². The van der Waals surface area contributed by atoms with Gasteiger partial charge in [-0.2, -0.15) is 0 Å². The maximum atomic E-state index is 14.5. The summed E-state index contributed by atoms with van der Waals surface area (Å²) < 4.78 is 20.4. The first-order chi connectivity index (χ1) is 11.0. The molecule has 1 aromatic rings. The van der Waals surface area contributed by atoms with Gasteiger partial charge in [0, 0.05) is 11.0 Å². The van der Waals surface area contributed by atoms with E-state index < -0.39 is 6.17 Å². The molecule has 0 radical (unpaired) electrons. The van der Waals surface area contributed by atoms with Crippen molar-refractivity contribution in [2.75, 3.05) is 20.2 Å². The molecular formula is C18H23BrFNO2. The molecule has 0 amide bonds. The van der Waals surface area contributed by atoms with Crippen LogP contribution >= 0.6 is 15.9 Å². The molecule has 2 saturated heterocycles. The minimum Gasteiger partial charge on any atom is -0.468 e. The molecule has 0 N–H and O–H groups in total. The number of hydrogen-bond acceptors (Lipinski definition) is 3. The van der Waals surface area contributed by atoms with Gasteiger partial charge in [-0.1, -0.05) is 28.1 Å². The van der Waals surface area contributed by atoms with E-state index in [1.807, 2.05) is 24.3 Å². The fraction of sp³-hybridized carbons (Fsp3) is 0.611. The maximum Gasteiger partial charge on any atom is 0.323 e. The van der Waals surface area contributed by atoms with Crippen LogP contribution in [0.2, 0.25) is 0 Å². The molecule has 4 unspecified atom stereocenters. The molecular weight excluding hydrogens is 361 g/mol. The molecule has 2 aliphatic rings. The average Bonchev–Trinajstić information content (AvgIpc) is 2.90. The number of methoxy groups -OCH3 is 1. The van der Waals surface area contributed by atoms with E-state index in [9.17, 15) is 9.18 Å². The van der Waals surface area contributed by atoms with Crippen LogP contribution in [0.1, 0.15) is 43.8 Å². The summed E-state index contributed by atoms with van der Waals surface area (Å²) >= 11 is 3.38. The van der Waals surface area contributed by atoms with Crippen molar-refractivity contribution in [1.29, 1.82) is 0 Å². The zero-order valence-corrected chi connectivity index (χ0v) is 15.0. The molecule has 23 heavy (non-hydrogen) atoms. The third-order valence-corrected chi connectivity index (χ3v) is 6.02. The Bertz CT molecular complexity index is 565. The van der Waals surface area contributed by atoms with Gasteiger partial charge in [-0.05, 0) is 61.8 Å². The number of carbonyl (C=O) groups excluding carboxylic acids is 1. The fourth-order valence-electron chi connectivity index (χ4n) is 4.07. The van der Waals surface area contributed by atoms with Crippen LogP contribution < -0.4 is 0 Å². The first-order valence-corrected chi connectivity index (χ1v) is 9.04. The number of carbonyl (C=O) groups is 1. The summed E-state index contributed by atoms with van der Waals surface area (Å²) in [5.41, 5.74) is 0.937. The number of fused-ring (bicyclic) bond motifs is 2. The van der Waals surface area contributed by atoms with E-state index in [0.29, 0.717) is 6.42 Å². The summed E-state index contributed by atoms with van der Waals surface area (Å²) in [6, 6.07) is 7.38. The molecule has 0 aliphatic carbocycles. The number of esters is 1. The van der Waals surface area contributed by atoms with Gasteiger partial charge >= 0.3 is 5.97 Å². The normalized spacial score (nSPS) is 30.9. The van der Waals surface area contributed by atoms with E-state index in [2.05, 4.69) is 20.8 Å². The lowest BCUT2D eigenvalue weighted by Gasteiger charge is -2.38. The van der Waals surface area contributed by atoms with Gasteiger partial charge in [0.25, 0.3) is 0 Å². The first-order valence-electron chi connectivity index (χ1n) is 8.24. The molecule has 4 atom stereocenters. The van der Waals surface area contributed by atoms with E-state index in [1.165, 1.54) is 7.11 Å². The highest BCUT2D eigenvalue weighted by Gasteiger charge is 2.47. The van der Waals surface area contributed by atoms with E-state index in [4.69, 9.17) is 4.74 Å². The highest BCUT2D eigenvalue weighted by Crippen LogP contribution is 2.46. The van der Waals surface area contributed by atoms with Crippen molar-refractivity contribution in [2.45, 2.75) is 44.3 Å². The van der Waals surface area contributed by atoms with E-state index in [0.717, 1.165) is 48.8 Å². The summed E-state index contributed by atoms with van der Waals surface area (Å²) in [6.07, 6.45) is 3.42. The van der Waals surface area contributed by atoms with Crippen LogP contribution in [0.25, 0.3) is 0 Å². The van der Waals surface area contributed by atoms with Crippen LogP contribution in [0.4, 0.5) is 4.39 Å². The molecule has 2 bridgehead atoms. The smallest absolute Gasteiger partial charge is 0.323 e. The molecule has 1 aromatic carbocycles. The second kappa shape index (κ2) is 6.89. The molecule has 2 fully saturated rings. The number of alkyl halides is 1. The van der Waals surface area contributed by atoms with E-state index in [-0.39, 0.29) is 17.4 Å². The highest BCUT2D eigenvalue weighted by molar-refractivity contribution is 9.10. The Morgan fingerprint density at radius 3 is 2.87 bits per heavy atom. The first kappa shape index (κ1) is 16.9. The van der Waals surface area contributed by atoms with Gasteiger partial charge < -0.3 is 4.74 Å². The Kier molecular flexibility index (Phi) is 5.07. The predicted molar refractivity (Wildman–Crippen MR) is 90.9 cm³/mol. The standard InChI is InChI=1S/C18H23BrFNO2/c1-23-17(22)16-7-9-18(10-11-21(16)12-18)8-6-15(20)13-2-4-14(19)5-3-13/h2-5,15-16H,6-12H2,1H3. The molecule has 126 valence electrons. The van der Waals surface area contributed by atoms with Gasteiger partial charge in [0.05, 0.1) is 7.11 Å². The van der Waals surface area contributed by atoms with Crippen LogP contribution in [0.3, 0.4) is 0 Å². The number of nitrogens with zero attached hydrogens (tertiary/aromatic N) is 1. The van der Waals surface area contributed by atoms with Gasteiger partial charge in [-0.3, -0.25) is 9.69 Å². The predicted octanol–water partition coefficient (Wildman–Crippen LogP) is 4.27. The van der Waals surface area contributed by atoms with Crippen LogP contribution in [0.5, 0.6) is 0 Å². The van der Waals surface area contributed by atoms with Crippen molar-refractivity contribution in [3.05, 3.63) is 34.3 Å². The topological polar surface area (TPSA) is 29.5 Å². The van der Waals surface area contributed by atoms with E-state index in [1.54, 1.807) is 0 Å². The third-order valence-electron chi connectivity index (χ3n) is 5.49. The Hall–Kier alpha value is -0.940. The fourth-order valence-corrected chi connectivity index (χ4v) is 4.33. The Morgan fingerprint density at radius 1 is 1.43 bits per heavy atom. The number of halogens is 2. The van der Waals surface area contributed by atoms with Gasteiger partial charge in [0.2, 0.25) is 0 Å².